The van der Waals surface area contributed by atoms with Crippen LogP contribution in [0.1, 0.15) is 45.6 Å². The number of benzene rings is 1. The van der Waals surface area contributed by atoms with Crippen LogP contribution in [0.3, 0.4) is 0 Å². The molecule has 0 bridgehead atoms. The van der Waals surface area contributed by atoms with Crippen molar-refractivity contribution >= 4 is 33.0 Å². The van der Waals surface area contributed by atoms with E-state index in [0.29, 0.717) is 18.0 Å². The third-order valence-electron chi connectivity index (χ3n) is 4.67. The van der Waals surface area contributed by atoms with E-state index in [-0.39, 0.29) is 10.8 Å². The standard InChI is InChI=1S/C19H24N2O3S2/c1-13-9-14(2)18(15(3)10-13)20-19(22)17-11-16(12-25-17)26(23,24)21-7-5-4-6-8-21/h9-12H,4-8H2,1-3H3,(H,20,22). The van der Waals surface area contributed by atoms with Crippen molar-refractivity contribution in [2.45, 2.75) is 44.9 Å². The first-order valence-corrected chi connectivity index (χ1v) is 11.1. The van der Waals surface area contributed by atoms with Gasteiger partial charge >= 0.3 is 0 Å². The van der Waals surface area contributed by atoms with Gasteiger partial charge in [0.15, 0.2) is 0 Å². The topological polar surface area (TPSA) is 66.5 Å². The molecule has 26 heavy (non-hydrogen) atoms. The molecule has 2 heterocycles. The Bertz CT molecular complexity index is 903. The minimum atomic E-state index is -3.51. The van der Waals surface area contributed by atoms with E-state index in [1.54, 1.807) is 5.38 Å². The molecule has 1 saturated heterocycles. The second-order valence-corrected chi connectivity index (χ2v) is 9.69. The van der Waals surface area contributed by atoms with E-state index in [0.717, 1.165) is 53.0 Å². The first-order chi connectivity index (χ1) is 12.3. The summed E-state index contributed by atoms with van der Waals surface area (Å²) < 4.78 is 27.0. The fourth-order valence-electron chi connectivity index (χ4n) is 3.38. The lowest BCUT2D eigenvalue weighted by molar-refractivity contribution is 0.103. The molecule has 0 atom stereocenters. The number of hydrogen-bond donors (Lipinski definition) is 1. The quantitative estimate of drug-likeness (QED) is 0.852. The third-order valence-corrected chi connectivity index (χ3v) is 7.62. The predicted octanol–water partition coefficient (Wildman–Crippen LogP) is 4.10. The van der Waals surface area contributed by atoms with Crippen LogP contribution in [-0.2, 0) is 10.0 Å². The van der Waals surface area contributed by atoms with Gasteiger partial charge in [-0.15, -0.1) is 11.3 Å². The van der Waals surface area contributed by atoms with Crippen molar-refractivity contribution in [3.63, 3.8) is 0 Å². The van der Waals surface area contributed by atoms with E-state index >= 15 is 0 Å². The number of aryl methyl sites for hydroxylation is 3. The summed E-state index contributed by atoms with van der Waals surface area (Å²) in [5.74, 6) is -0.273. The Balaban J connectivity index is 1.80. The molecule has 1 aliphatic heterocycles. The van der Waals surface area contributed by atoms with Gasteiger partial charge in [-0.05, 0) is 50.8 Å². The van der Waals surface area contributed by atoms with Gasteiger partial charge in [0.2, 0.25) is 10.0 Å². The van der Waals surface area contributed by atoms with Crippen LogP contribution in [0, 0.1) is 20.8 Å². The van der Waals surface area contributed by atoms with Gasteiger partial charge in [-0.1, -0.05) is 24.1 Å². The Morgan fingerprint density at radius 1 is 1.04 bits per heavy atom. The first kappa shape index (κ1) is 19.1. The second-order valence-electron chi connectivity index (χ2n) is 6.84. The van der Waals surface area contributed by atoms with Gasteiger partial charge in [-0.3, -0.25) is 4.79 Å². The van der Waals surface area contributed by atoms with Gasteiger partial charge in [0.25, 0.3) is 5.91 Å². The molecular formula is C19H24N2O3S2. The summed E-state index contributed by atoms with van der Waals surface area (Å²) in [7, 11) is -3.51. The number of nitrogens with zero attached hydrogens (tertiary/aromatic N) is 1. The smallest absolute Gasteiger partial charge is 0.265 e. The van der Waals surface area contributed by atoms with Crippen LogP contribution < -0.4 is 5.32 Å². The van der Waals surface area contributed by atoms with Gasteiger partial charge in [-0.2, -0.15) is 4.31 Å². The monoisotopic (exact) mass is 392 g/mol. The van der Waals surface area contributed by atoms with Crippen LogP contribution in [0.25, 0.3) is 0 Å². The zero-order valence-corrected chi connectivity index (χ0v) is 17.0. The van der Waals surface area contributed by atoms with E-state index in [4.69, 9.17) is 0 Å². The Morgan fingerprint density at radius 2 is 1.65 bits per heavy atom. The Morgan fingerprint density at radius 3 is 2.27 bits per heavy atom. The molecule has 3 rings (SSSR count). The molecule has 1 fully saturated rings. The average molecular weight is 393 g/mol. The molecule has 0 radical (unpaired) electrons. The summed E-state index contributed by atoms with van der Waals surface area (Å²) in [5, 5.41) is 4.49. The summed E-state index contributed by atoms with van der Waals surface area (Å²) in [6, 6.07) is 5.52. The lowest BCUT2D eigenvalue weighted by Crippen LogP contribution is -2.35. The minimum Gasteiger partial charge on any atom is -0.321 e. The lowest BCUT2D eigenvalue weighted by Gasteiger charge is -2.25. The van der Waals surface area contributed by atoms with Gasteiger partial charge in [-0.25, -0.2) is 8.42 Å². The highest BCUT2D eigenvalue weighted by Crippen LogP contribution is 2.27. The molecule has 2 aromatic rings. The largest absolute Gasteiger partial charge is 0.321 e. The highest BCUT2D eigenvalue weighted by molar-refractivity contribution is 7.89. The van der Waals surface area contributed by atoms with E-state index in [9.17, 15) is 13.2 Å². The number of carbonyl (C=O) groups is 1. The number of amides is 1. The van der Waals surface area contributed by atoms with Gasteiger partial charge < -0.3 is 5.32 Å². The number of anilines is 1. The van der Waals surface area contributed by atoms with Crippen molar-refractivity contribution in [1.29, 1.82) is 0 Å². The number of carbonyl (C=O) groups excluding carboxylic acids is 1. The normalized spacial score (nSPS) is 15.8. The molecule has 1 N–H and O–H groups in total. The minimum absolute atomic E-state index is 0.215. The Hall–Kier alpha value is -1.70. The fraction of sp³-hybridized carbons (Fsp3) is 0.421. The number of rotatable bonds is 4. The molecule has 0 aliphatic carbocycles. The second kappa shape index (κ2) is 7.50. The van der Waals surface area contributed by atoms with Gasteiger partial charge in [0, 0.05) is 24.2 Å². The Kier molecular flexibility index (Phi) is 5.50. The van der Waals surface area contributed by atoms with Crippen molar-refractivity contribution in [3.8, 4) is 0 Å². The van der Waals surface area contributed by atoms with Crippen LogP contribution in [0.5, 0.6) is 0 Å². The molecule has 1 aromatic carbocycles. The summed E-state index contributed by atoms with van der Waals surface area (Å²) in [6.45, 7) is 7.04. The summed E-state index contributed by atoms with van der Waals surface area (Å²) in [6.07, 6.45) is 2.85. The first-order valence-electron chi connectivity index (χ1n) is 8.77. The number of thiophene rings is 1. The van der Waals surface area contributed by atoms with Crippen molar-refractivity contribution < 1.29 is 13.2 Å². The van der Waals surface area contributed by atoms with Crippen molar-refractivity contribution in [1.82, 2.24) is 4.31 Å². The SMILES string of the molecule is Cc1cc(C)c(NC(=O)c2cc(S(=O)(=O)N3CCCCC3)cs2)c(C)c1. The van der Waals surface area contributed by atoms with E-state index in [1.807, 2.05) is 32.9 Å². The zero-order chi connectivity index (χ0) is 18.9. The van der Waals surface area contributed by atoms with Crippen LogP contribution >= 0.6 is 11.3 Å². The molecule has 1 aliphatic rings. The fourth-order valence-corrected chi connectivity index (χ4v) is 6.05. The number of nitrogens with one attached hydrogen (secondary N) is 1. The van der Waals surface area contributed by atoms with Crippen LogP contribution in [0.4, 0.5) is 5.69 Å². The van der Waals surface area contributed by atoms with Crippen molar-refractivity contribution in [2.75, 3.05) is 18.4 Å². The van der Waals surface area contributed by atoms with Crippen LogP contribution in [0.2, 0.25) is 0 Å². The molecule has 5 nitrogen and oxygen atoms in total. The van der Waals surface area contributed by atoms with E-state index in [2.05, 4.69) is 5.32 Å². The number of sulfonamides is 1. The molecule has 1 amide bonds. The Labute approximate surface area is 159 Å². The molecule has 0 unspecified atom stereocenters. The number of hydrogen-bond acceptors (Lipinski definition) is 4. The maximum Gasteiger partial charge on any atom is 0.265 e. The molecule has 0 spiro atoms. The summed E-state index contributed by atoms with van der Waals surface area (Å²) >= 11 is 1.16. The van der Waals surface area contributed by atoms with Crippen molar-refractivity contribution in [2.24, 2.45) is 0 Å². The molecule has 7 heteroatoms. The third kappa shape index (κ3) is 3.84. The highest BCUT2D eigenvalue weighted by atomic mass is 32.2. The van der Waals surface area contributed by atoms with E-state index < -0.39 is 10.0 Å². The number of piperidine rings is 1. The van der Waals surface area contributed by atoms with Crippen molar-refractivity contribution in [3.05, 3.63) is 45.1 Å². The van der Waals surface area contributed by atoms with Crippen LogP contribution in [0.15, 0.2) is 28.5 Å². The predicted molar refractivity (Wildman–Crippen MR) is 106 cm³/mol. The highest BCUT2D eigenvalue weighted by Gasteiger charge is 2.27. The van der Waals surface area contributed by atoms with E-state index in [1.165, 1.54) is 10.4 Å². The van der Waals surface area contributed by atoms with Gasteiger partial charge in [0.1, 0.15) is 0 Å². The summed E-state index contributed by atoms with van der Waals surface area (Å²) in [4.78, 5) is 13.2. The maximum atomic E-state index is 12.7. The van der Waals surface area contributed by atoms with Gasteiger partial charge in [0.05, 0.1) is 9.77 Å². The van der Waals surface area contributed by atoms with Crippen LogP contribution in [-0.4, -0.2) is 31.7 Å². The average Bonchev–Trinajstić information content (AvgIpc) is 3.09. The molecular weight excluding hydrogens is 368 g/mol. The summed E-state index contributed by atoms with van der Waals surface area (Å²) in [5.41, 5.74) is 3.92. The lowest BCUT2D eigenvalue weighted by atomic mass is 10.1. The molecule has 1 aromatic heterocycles. The zero-order valence-electron chi connectivity index (χ0n) is 15.3. The molecule has 140 valence electrons. The maximum absolute atomic E-state index is 12.7. The molecule has 0 saturated carbocycles.